The second-order valence-electron chi connectivity index (χ2n) is 4.37. The molecule has 0 saturated carbocycles. The van der Waals surface area contributed by atoms with Crippen molar-refractivity contribution in [2.45, 2.75) is 13.3 Å². The smallest absolute Gasteiger partial charge is 0.319 e. The first-order valence-corrected chi connectivity index (χ1v) is 7.17. The van der Waals surface area contributed by atoms with E-state index in [1.807, 2.05) is 25.1 Å². The maximum atomic E-state index is 11.9. The number of hydrogen-bond donors (Lipinski definition) is 3. The number of nitrogens with one attached hydrogen (secondary N) is 2. The van der Waals surface area contributed by atoms with Crippen LogP contribution in [-0.4, -0.2) is 29.9 Å². The molecule has 0 aliphatic carbocycles. The van der Waals surface area contributed by atoms with E-state index in [2.05, 4.69) is 20.8 Å². The molecular weight excluding hydrogens is 290 g/mol. The van der Waals surface area contributed by atoms with Gasteiger partial charge in [-0.05, 0) is 24.6 Å². The number of aromatic nitrogens is 2. The molecule has 0 spiro atoms. The van der Waals surface area contributed by atoms with Gasteiger partial charge in [0.05, 0.1) is 12.8 Å². The van der Waals surface area contributed by atoms with Crippen LogP contribution in [0.25, 0.3) is 0 Å². The Hall–Kier alpha value is -2.35. The van der Waals surface area contributed by atoms with Crippen LogP contribution < -0.4 is 21.1 Å². The highest BCUT2D eigenvalue weighted by molar-refractivity contribution is 7.15. The average Bonchev–Trinajstić information content (AvgIpc) is 2.85. The minimum atomic E-state index is -0.295. The Morgan fingerprint density at radius 1 is 1.43 bits per heavy atom. The summed E-state index contributed by atoms with van der Waals surface area (Å²) < 4.78 is 5.20. The lowest BCUT2D eigenvalue weighted by atomic mass is 10.2. The molecule has 4 N–H and O–H groups in total. The summed E-state index contributed by atoms with van der Waals surface area (Å²) in [5.74, 6) is 0.618. The van der Waals surface area contributed by atoms with Crippen LogP contribution in [0.3, 0.4) is 0 Å². The fourth-order valence-corrected chi connectivity index (χ4v) is 2.35. The van der Waals surface area contributed by atoms with Crippen LogP contribution in [0.5, 0.6) is 5.75 Å². The molecule has 0 radical (unpaired) electrons. The number of nitrogen functional groups attached to an aromatic ring is 1. The Morgan fingerprint density at radius 3 is 2.90 bits per heavy atom. The van der Waals surface area contributed by atoms with Gasteiger partial charge in [-0.2, -0.15) is 0 Å². The van der Waals surface area contributed by atoms with E-state index in [0.717, 1.165) is 10.6 Å². The van der Waals surface area contributed by atoms with E-state index < -0.39 is 0 Å². The molecule has 2 rings (SSSR count). The number of benzene rings is 1. The molecule has 0 atom stereocenters. The van der Waals surface area contributed by atoms with Gasteiger partial charge in [0.25, 0.3) is 0 Å². The number of anilines is 2. The van der Waals surface area contributed by atoms with E-state index in [4.69, 9.17) is 10.5 Å². The fraction of sp³-hybridized carbons (Fsp3) is 0.308. The minimum Gasteiger partial charge on any atom is -0.495 e. The number of nitrogens with zero attached hydrogens (tertiary/aromatic N) is 2. The van der Waals surface area contributed by atoms with Gasteiger partial charge in [-0.3, -0.25) is 0 Å². The topological polar surface area (TPSA) is 102 Å². The molecule has 0 saturated heterocycles. The summed E-state index contributed by atoms with van der Waals surface area (Å²) in [6.45, 7) is 2.40. The molecule has 2 amide bonds. The van der Waals surface area contributed by atoms with Crippen molar-refractivity contribution in [3.63, 3.8) is 0 Å². The number of hydrogen-bond acceptors (Lipinski definition) is 6. The van der Waals surface area contributed by atoms with Crippen molar-refractivity contribution in [2.75, 3.05) is 24.7 Å². The summed E-state index contributed by atoms with van der Waals surface area (Å²) in [6.07, 6.45) is 0.591. The first-order chi connectivity index (χ1) is 10.1. The summed E-state index contributed by atoms with van der Waals surface area (Å²) >= 11 is 1.32. The number of aryl methyl sites for hydroxylation is 1. The molecule has 0 bridgehead atoms. The molecule has 1 aromatic heterocycles. The van der Waals surface area contributed by atoms with Crippen LogP contribution in [-0.2, 0) is 6.42 Å². The lowest BCUT2D eigenvalue weighted by Gasteiger charge is -2.11. The minimum absolute atomic E-state index is 0.295. The molecule has 7 nitrogen and oxygen atoms in total. The zero-order chi connectivity index (χ0) is 15.2. The molecule has 0 aliphatic heterocycles. The van der Waals surface area contributed by atoms with Crippen LogP contribution in [0.4, 0.5) is 15.6 Å². The van der Waals surface area contributed by atoms with Gasteiger partial charge in [-0.1, -0.05) is 17.4 Å². The van der Waals surface area contributed by atoms with E-state index in [1.54, 1.807) is 7.11 Å². The molecule has 21 heavy (non-hydrogen) atoms. The maximum Gasteiger partial charge on any atom is 0.319 e. The second-order valence-corrected chi connectivity index (χ2v) is 5.46. The van der Waals surface area contributed by atoms with E-state index in [-0.39, 0.29) is 6.03 Å². The van der Waals surface area contributed by atoms with Crippen molar-refractivity contribution in [2.24, 2.45) is 0 Å². The Bertz CT molecular complexity index is 629. The number of urea groups is 1. The Labute approximate surface area is 126 Å². The molecule has 1 heterocycles. The average molecular weight is 307 g/mol. The molecule has 2 aromatic rings. The summed E-state index contributed by atoms with van der Waals surface area (Å²) in [5.41, 5.74) is 7.16. The Morgan fingerprint density at radius 2 is 2.24 bits per heavy atom. The van der Waals surface area contributed by atoms with Gasteiger partial charge in [0.2, 0.25) is 5.13 Å². The number of rotatable bonds is 5. The van der Waals surface area contributed by atoms with Gasteiger partial charge in [0, 0.05) is 13.0 Å². The highest BCUT2D eigenvalue weighted by Crippen LogP contribution is 2.24. The third kappa shape index (κ3) is 4.32. The van der Waals surface area contributed by atoms with Crippen molar-refractivity contribution < 1.29 is 9.53 Å². The molecule has 1 aromatic carbocycles. The molecule has 0 fully saturated rings. The monoisotopic (exact) mass is 307 g/mol. The second kappa shape index (κ2) is 6.89. The van der Waals surface area contributed by atoms with Crippen LogP contribution in [0, 0.1) is 6.92 Å². The van der Waals surface area contributed by atoms with Gasteiger partial charge in [0.15, 0.2) is 0 Å². The van der Waals surface area contributed by atoms with Gasteiger partial charge < -0.3 is 21.1 Å². The number of amides is 2. The van der Waals surface area contributed by atoms with Crippen molar-refractivity contribution in [3.05, 3.63) is 28.8 Å². The van der Waals surface area contributed by atoms with Gasteiger partial charge >= 0.3 is 6.03 Å². The predicted octanol–water partition coefficient (Wildman–Crippen LogP) is 1.80. The SMILES string of the molecule is COc1ccc(C)cc1NC(=O)NCCc1nnc(N)s1. The van der Waals surface area contributed by atoms with E-state index in [0.29, 0.717) is 29.5 Å². The third-order valence-electron chi connectivity index (χ3n) is 2.71. The van der Waals surface area contributed by atoms with Crippen LogP contribution >= 0.6 is 11.3 Å². The van der Waals surface area contributed by atoms with Crippen molar-refractivity contribution in [1.82, 2.24) is 15.5 Å². The highest BCUT2D eigenvalue weighted by atomic mass is 32.1. The zero-order valence-corrected chi connectivity index (χ0v) is 12.7. The van der Waals surface area contributed by atoms with Gasteiger partial charge in [-0.15, -0.1) is 10.2 Å². The fourth-order valence-electron chi connectivity index (χ4n) is 1.74. The summed E-state index contributed by atoms with van der Waals surface area (Å²) in [6, 6.07) is 5.29. The number of carbonyl (C=O) groups is 1. The van der Waals surface area contributed by atoms with Crippen LogP contribution in [0.1, 0.15) is 10.6 Å². The zero-order valence-electron chi connectivity index (χ0n) is 11.8. The summed E-state index contributed by atoms with van der Waals surface area (Å²) in [4.78, 5) is 11.9. The molecule has 8 heteroatoms. The van der Waals surface area contributed by atoms with Crippen molar-refractivity contribution in [1.29, 1.82) is 0 Å². The third-order valence-corrected chi connectivity index (χ3v) is 3.52. The van der Waals surface area contributed by atoms with E-state index >= 15 is 0 Å². The Kier molecular flexibility index (Phi) is 4.94. The molecular formula is C13H17N5O2S. The largest absolute Gasteiger partial charge is 0.495 e. The lowest BCUT2D eigenvalue weighted by molar-refractivity contribution is 0.252. The Balaban J connectivity index is 1.85. The first-order valence-electron chi connectivity index (χ1n) is 6.36. The van der Waals surface area contributed by atoms with Gasteiger partial charge in [-0.25, -0.2) is 4.79 Å². The van der Waals surface area contributed by atoms with Gasteiger partial charge in [0.1, 0.15) is 10.8 Å². The quantitative estimate of drug-likeness (QED) is 0.781. The first kappa shape index (κ1) is 15.0. The highest BCUT2D eigenvalue weighted by Gasteiger charge is 2.08. The number of methoxy groups -OCH3 is 1. The van der Waals surface area contributed by atoms with E-state index in [9.17, 15) is 4.79 Å². The molecule has 112 valence electrons. The predicted molar refractivity (Wildman–Crippen MR) is 82.8 cm³/mol. The standard InChI is InChI=1S/C13H17N5O2S/c1-8-3-4-10(20-2)9(7-8)16-13(19)15-6-5-11-17-18-12(14)21-11/h3-4,7H,5-6H2,1-2H3,(H2,14,18)(H2,15,16,19). The lowest BCUT2D eigenvalue weighted by Crippen LogP contribution is -2.30. The van der Waals surface area contributed by atoms with Crippen LogP contribution in [0.15, 0.2) is 18.2 Å². The van der Waals surface area contributed by atoms with Crippen molar-refractivity contribution in [3.8, 4) is 5.75 Å². The maximum absolute atomic E-state index is 11.9. The molecule has 0 aliphatic rings. The number of ether oxygens (including phenoxy) is 1. The van der Waals surface area contributed by atoms with E-state index in [1.165, 1.54) is 11.3 Å². The van der Waals surface area contributed by atoms with Crippen molar-refractivity contribution >= 4 is 28.2 Å². The number of carbonyl (C=O) groups excluding carboxylic acids is 1. The van der Waals surface area contributed by atoms with Crippen LogP contribution in [0.2, 0.25) is 0 Å². The summed E-state index contributed by atoms with van der Waals surface area (Å²) in [5, 5.41) is 14.3. The number of nitrogens with two attached hydrogens (primary N) is 1. The summed E-state index contributed by atoms with van der Waals surface area (Å²) in [7, 11) is 1.56. The molecule has 0 unspecified atom stereocenters. The normalized spacial score (nSPS) is 10.2.